The van der Waals surface area contributed by atoms with Gasteiger partial charge in [-0.15, -0.1) is 13.2 Å². The number of rotatable bonds is 5. The molecular formula is C25H34N2O. The SMILES string of the molecule is C=C.C=C/C(=C\C=C/C)CN(C)C(=O)N(C)c1cccc2ccccc12.CC. The molecule has 0 aromatic heterocycles. The first-order valence-corrected chi connectivity index (χ1v) is 9.49. The molecule has 0 atom stereocenters. The van der Waals surface area contributed by atoms with E-state index in [2.05, 4.69) is 31.9 Å². The Bertz CT molecular complexity index is 800. The maximum Gasteiger partial charge on any atom is 0.324 e. The molecule has 2 aromatic rings. The summed E-state index contributed by atoms with van der Waals surface area (Å²) in [7, 11) is 3.61. The number of hydrogen-bond donors (Lipinski definition) is 0. The summed E-state index contributed by atoms with van der Waals surface area (Å²) in [5, 5.41) is 2.19. The van der Waals surface area contributed by atoms with Crippen LogP contribution < -0.4 is 4.90 Å². The van der Waals surface area contributed by atoms with Crippen LogP contribution in [-0.4, -0.2) is 31.6 Å². The highest BCUT2D eigenvalue weighted by Crippen LogP contribution is 2.26. The minimum absolute atomic E-state index is 0.0559. The molecule has 0 spiro atoms. The monoisotopic (exact) mass is 378 g/mol. The zero-order chi connectivity index (χ0) is 21.5. The predicted octanol–water partition coefficient (Wildman–Crippen LogP) is 6.84. The van der Waals surface area contributed by atoms with Crippen molar-refractivity contribution in [3.8, 4) is 0 Å². The number of allylic oxidation sites excluding steroid dienone is 3. The highest BCUT2D eigenvalue weighted by molar-refractivity contribution is 6.02. The number of anilines is 1. The summed E-state index contributed by atoms with van der Waals surface area (Å²) in [5.74, 6) is 0. The van der Waals surface area contributed by atoms with Gasteiger partial charge in [0, 0.05) is 26.0 Å². The lowest BCUT2D eigenvalue weighted by atomic mass is 10.1. The quantitative estimate of drug-likeness (QED) is 0.412. The summed E-state index contributed by atoms with van der Waals surface area (Å²) >= 11 is 0. The number of nitrogens with zero attached hydrogens (tertiary/aromatic N) is 2. The molecule has 2 rings (SSSR count). The Labute approximate surface area is 171 Å². The number of fused-ring (bicyclic) bond motifs is 1. The van der Waals surface area contributed by atoms with Crippen molar-refractivity contribution in [2.75, 3.05) is 25.5 Å². The predicted molar refractivity (Wildman–Crippen MR) is 126 cm³/mol. The molecule has 3 heteroatoms. The van der Waals surface area contributed by atoms with Gasteiger partial charge < -0.3 is 4.90 Å². The van der Waals surface area contributed by atoms with Crippen LogP contribution in [0.3, 0.4) is 0 Å². The van der Waals surface area contributed by atoms with Crippen molar-refractivity contribution in [3.05, 3.63) is 92.1 Å². The number of benzene rings is 2. The molecular weight excluding hydrogens is 344 g/mol. The summed E-state index contributed by atoms with van der Waals surface area (Å²) in [6, 6.07) is 14.0. The molecule has 28 heavy (non-hydrogen) atoms. The maximum atomic E-state index is 12.8. The summed E-state index contributed by atoms with van der Waals surface area (Å²) in [6.07, 6.45) is 7.65. The van der Waals surface area contributed by atoms with Gasteiger partial charge in [-0.2, -0.15) is 0 Å². The molecule has 0 aliphatic rings. The third kappa shape index (κ3) is 6.92. The van der Waals surface area contributed by atoms with Crippen molar-refractivity contribution >= 4 is 22.5 Å². The first-order chi connectivity index (χ1) is 13.6. The molecule has 0 bridgehead atoms. The van der Waals surface area contributed by atoms with Gasteiger partial charge >= 0.3 is 6.03 Å². The van der Waals surface area contributed by atoms with E-state index in [1.807, 2.05) is 76.4 Å². The van der Waals surface area contributed by atoms with Gasteiger partial charge in [-0.1, -0.05) is 81.1 Å². The molecule has 0 aliphatic carbocycles. The maximum absolute atomic E-state index is 12.8. The number of urea groups is 1. The lowest BCUT2D eigenvalue weighted by molar-refractivity contribution is 0.220. The normalized spacial score (nSPS) is 10.4. The van der Waals surface area contributed by atoms with Gasteiger partial charge in [-0.3, -0.25) is 4.90 Å². The fourth-order valence-corrected chi connectivity index (χ4v) is 2.61. The Morgan fingerprint density at radius 2 is 1.64 bits per heavy atom. The van der Waals surface area contributed by atoms with Crippen LogP contribution in [-0.2, 0) is 0 Å². The van der Waals surface area contributed by atoms with E-state index in [0.717, 1.165) is 22.0 Å². The van der Waals surface area contributed by atoms with Crippen molar-refractivity contribution in [2.24, 2.45) is 0 Å². The Hall–Kier alpha value is -3.07. The largest absolute Gasteiger partial charge is 0.324 e. The summed E-state index contributed by atoms with van der Waals surface area (Å²) in [4.78, 5) is 16.2. The van der Waals surface area contributed by atoms with Crippen LogP contribution >= 0.6 is 0 Å². The molecule has 0 aliphatic heterocycles. The molecule has 0 N–H and O–H groups in total. The van der Waals surface area contributed by atoms with Gasteiger partial charge in [0.2, 0.25) is 0 Å². The Morgan fingerprint density at radius 1 is 1.04 bits per heavy atom. The zero-order valence-electron chi connectivity index (χ0n) is 18.0. The van der Waals surface area contributed by atoms with E-state index in [1.165, 1.54) is 0 Å². The second-order valence-corrected chi connectivity index (χ2v) is 5.67. The number of hydrogen-bond acceptors (Lipinski definition) is 1. The van der Waals surface area contributed by atoms with E-state index in [9.17, 15) is 4.79 Å². The van der Waals surface area contributed by atoms with Gasteiger partial charge in [0.05, 0.1) is 5.69 Å². The lowest BCUT2D eigenvalue weighted by Gasteiger charge is -2.26. The van der Waals surface area contributed by atoms with Gasteiger partial charge in [0.25, 0.3) is 0 Å². The fraction of sp³-hybridized carbons (Fsp3) is 0.240. The molecule has 0 fully saturated rings. The van der Waals surface area contributed by atoms with Crippen LogP contribution in [0.4, 0.5) is 10.5 Å². The van der Waals surface area contributed by atoms with E-state index in [1.54, 1.807) is 22.9 Å². The molecule has 0 saturated heterocycles. The smallest absolute Gasteiger partial charge is 0.323 e. The lowest BCUT2D eigenvalue weighted by Crippen LogP contribution is -2.39. The van der Waals surface area contributed by atoms with E-state index in [0.29, 0.717) is 6.54 Å². The van der Waals surface area contributed by atoms with Gasteiger partial charge in [-0.25, -0.2) is 4.79 Å². The number of carbonyl (C=O) groups is 1. The fourth-order valence-electron chi connectivity index (χ4n) is 2.61. The molecule has 2 amide bonds. The average molecular weight is 379 g/mol. The molecule has 150 valence electrons. The van der Waals surface area contributed by atoms with Crippen molar-refractivity contribution in [1.82, 2.24) is 4.90 Å². The Morgan fingerprint density at radius 3 is 2.25 bits per heavy atom. The number of carbonyl (C=O) groups excluding carboxylic acids is 1. The molecule has 3 nitrogen and oxygen atoms in total. The first kappa shape index (κ1) is 24.9. The zero-order valence-corrected chi connectivity index (χ0v) is 18.0. The van der Waals surface area contributed by atoms with E-state index in [-0.39, 0.29) is 6.03 Å². The highest BCUT2D eigenvalue weighted by atomic mass is 16.2. The van der Waals surface area contributed by atoms with Crippen LogP contribution in [0.15, 0.2) is 92.1 Å². The third-order valence-corrected chi connectivity index (χ3v) is 3.93. The Balaban J connectivity index is 0.00000171. The summed E-state index contributed by atoms with van der Waals surface area (Å²) in [5.41, 5.74) is 1.90. The van der Waals surface area contributed by atoms with Crippen LogP contribution in [0.2, 0.25) is 0 Å². The van der Waals surface area contributed by atoms with Crippen LogP contribution in [0.1, 0.15) is 20.8 Å². The van der Waals surface area contributed by atoms with E-state index in [4.69, 9.17) is 0 Å². The second-order valence-electron chi connectivity index (χ2n) is 5.67. The van der Waals surface area contributed by atoms with E-state index >= 15 is 0 Å². The molecule has 0 unspecified atom stereocenters. The third-order valence-electron chi connectivity index (χ3n) is 3.93. The van der Waals surface area contributed by atoms with Gasteiger partial charge in [0.1, 0.15) is 0 Å². The first-order valence-electron chi connectivity index (χ1n) is 9.49. The van der Waals surface area contributed by atoms with Gasteiger partial charge in [-0.05, 0) is 23.9 Å². The van der Waals surface area contributed by atoms with Gasteiger partial charge in [0.15, 0.2) is 0 Å². The molecule has 0 heterocycles. The van der Waals surface area contributed by atoms with Crippen molar-refractivity contribution in [2.45, 2.75) is 20.8 Å². The minimum atomic E-state index is -0.0559. The second kappa shape index (κ2) is 14.0. The van der Waals surface area contributed by atoms with Crippen molar-refractivity contribution < 1.29 is 4.79 Å². The molecule has 2 aromatic carbocycles. The molecule has 0 saturated carbocycles. The standard InChI is InChI=1S/C21H24N2O.C2H6.C2H4/c1-5-7-11-17(6-2)16-22(3)21(24)23(4)20-15-10-13-18-12-8-9-14-19(18)20;2*1-2/h5-15H,2,16H2,1,3-4H3;1-2H3;1-2H2/b7-5-,17-11+;;. The number of amides is 2. The van der Waals surface area contributed by atoms with Crippen LogP contribution in [0, 0.1) is 0 Å². The average Bonchev–Trinajstić information content (AvgIpc) is 2.77. The van der Waals surface area contributed by atoms with Crippen LogP contribution in [0.25, 0.3) is 10.8 Å². The minimum Gasteiger partial charge on any atom is -0.323 e. The number of likely N-dealkylation sites (N-methyl/N-ethyl adjacent to an activating group) is 1. The summed E-state index contributed by atoms with van der Waals surface area (Å²) < 4.78 is 0. The van der Waals surface area contributed by atoms with Crippen molar-refractivity contribution in [3.63, 3.8) is 0 Å². The molecule has 0 radical (unpaired) electrons. The van der Waals surface area contributed by atoms with Crippen molar-refractivity contribution in [1.29, 1.82) is 0 Å². The van der Waals surface area contributed by atoms with E-state index < -0.39 is 0 Å². The topological polar surface area (TPSA) is 23.6 Å². The Kier molecular flexibility index (Phi) is 12.5. The summed E-state index contributed by atoms with van der Waals surface area (Å²) in [6.45, 7) is 16.3. The van der Waals surface area contributed by atoms with Crippen LogP contribution in [0.5, 0.6) is 0 Å². The highest BCUT2D eigenvalue weighted by Gasteiger charge is 2.17.